The van der Waals surface area contributed by atoms with Crippen LogP contribution in [0.1, 0.15) is 60.8 Å². The topological polar surface area (TPSA) is 41.6 Å². The summed E-state index contributed by atoms with van der Waals surface area (Å²) >= 11 is 0. The minimum Gasteiger partial charge on any atom is -0.468 e. The maximum Gasteiger partial charge on any atom is 0.325 e. The van der Waals surface area contributed by atoms with Crippen molar-refractivity contribution in [3.05, 3.63) is 0 Å². The van der Waals surface area contributed by atoms with Crippen molar-refractivity contribution in [1.82, 2.24) is 10.2 Å². The van der Waals surface area contributed by atoms with Gasteiger partial charge < -0.3 is 9.64 Å². The van der Waals surface area contributed by atoms with Crippen LogP contribution in [0.4, 0.5) is 0 Å². The summed E-state index contributed by atoms with van der Waals surface area (Å²) in [5.41, 5.74) is -0.636. The highest BCUT2D eigenvalue weighted by Gasteiger charge is 2.37. The van der Waals surface area contributed by atoms with Gasteiger partial charge in [0.1, 0.15) is 5.54 Å². The molecule has 0 aromatic rings. The lowest BCUT2D eigenvalue weighted by Crippen LogP contribution is -2.56. The first-order chi connectivity index (χ1) is 9.21. The van der Waals surface area contributed by atoms with Crippen molar-refractivity contribution in [3.8, 4) is 0 Å². The van der Waals surface area contributed by atoms with Gasteiger partial charge in [0.05, 0.1) is 7.11 Å². The zero-order chi connectivity index (χ0) is 15.9. The Bertz CT molecular complexity index is 290. The third kappa shape index (κ3) is 5.41. The molecule has 0 spiro atoms. The Morgan fingerprint density at radius 3 is 2.10 bits per heavy atom. The van der Waals surface area contributed by atoms with Gasteiger partial charge in [-0.15, -0.1) is 0 Å². The lowest BCUT2D eigenvalue weighted by atomic mass is 9.91. The van der Waals surface area contributed by atoms with Gasteiger partial charge in [0.2, 0.25) is 0 Å². The molecule has 0 saturated carbocycles. The summed E-state index contributed by atoms with van der Waals surface area (Å²) < 4.78 is 4.99. The quantitative estimate of drug-likeness (QED) is 0.662. The van der Waals surface area contributed by atoms with Crippen LogP contribution in [0.3, 0.4) is 0 Å². The average molecular weight is 286 g/mol. The van der Waals surface area contributed by atoms with E-state index in [0.29, 0.717) is 12.1 Å². The maximum atomic E-state index is 12.1. The van der Waals surface area contributed by atoms with Crippen molar-refractivity contribution in [1.29, 1.82) is 0 Å². The fourth-order valence-corrected chi connectivity index (χ4v) is 3.02. The minimum atomic E-state index is -0.636. The van der Waals surface area contributed by atoms with E-state index in [1.54, 1.807) is 0 Å². The first-order valence-corrected chi connectivity index (χ1v) is 7.79. The largest absolute Gasteiger partial charge is 0.468 e. The van der Waals surface area contributed by atoms with Crippen LogP contribution >= 0.6 is 0 Å². The summed E-state index contributed by atoms with van der Waals surface area (Å²) in [6.45, 7) is 12.6. The number of carbonyl (C=O) groups is 1. The van der Waals surface area contributed by atoms with Crippen LogP contribution in [0.5, 0.6) is 0 Å². The predicted octanol–water partition coefficient (Wildman–Crippen LogP) is 2.82. The van der Waals surface area contributed by atoms with Crippen molar-refractivity contribution in [2.24, 2.45) is 0 Å². The van der Waals surface area contributed by atoms with Gasteiger partial charge in [-0.2, -0.15) is 0 Å². The molecule has 0 radical (unpaired) electrons. The highest BCUT2D eigenvalue weighted by molar-refractivity contribution is 5.80. The average Bonchev–Trinajstić information content (AvgIpc) is 2.37. The predicted molar refractivity (Wildman–Crippen MR) is 84.9 cm³/mol. The molecule has 120 valence electrons. The summed E-state index contributed by atoms with van der Waals surface area (Å²) in [5, 5.41) is 3.37. The van der Waals surface area contributed by atoms with E-state index in [2.05, 4.69) is 51.9 Å². The summed E-state index contributed by atoms with van der Waals surface area (Å²) in [6, 6.07) is 1.12. The molecule has 0 bridgehead atoms. The van der Waals surface area contributed by atoms with E-state index in [-0.39, 0.29) is 12.0 Å². The molecule has 0 amide bonds. The molecule has 0 saturated heterocycles. The molecule has 2 atom stereocenters. The number of rotatable bonds is 9. The Labute approximate surface area is 125 Å². The van der Waals surface area contributed by atoms with E-state index in [0.717, 1.165) is 19.3 Å². The van der Waals surface area contributed by atoms with Crippen molar-refractivity contribution >= 4 is 5.97 Å². The Hall–Kier alpha value is -0.610. The van der Waals surface area contributed by atoms with E-state index < -0.39 is 5.54 Å². The highest BCUT2D eigenvalue weighted by Crippen LogP contribution is 2.21. The molecule has 20 heavy (non-hydrogen) atoms. The van der Waals surface area contributed by atoms with Crippen molar-refractivity contribution < 1.29 is 9.53 Å². The van der Waals surface area contributed by atoms with Crippen LogP contribution in [0.25, 0.3) is 0 Å². The second kappa shape index (κ2) is 8.63. The summed E-state index contributed by atoms with van der Waals surface area (Å²) in [4.78, 5) is 14.5. The van der Waals surface area contributed by atoms with E-state index in [1.165, 1.54) is 7.11 Å². The zero-order valence-corrected chi connectivity index (χ0v) is 14.6. The Kier molecular flexibility index (Phi) is 8.36. The molecule has 0 rings (SSSR count). The molecule has 0 fully saturated rings. The standard InChI is InChI=1S/C16H34N2O2/c1-9-14(10-2)18(7)13(5)11-16(6,15(19)20-8)17-12(3)4/h12-14,17H,9-11H2,1-8H3. The number of ether oxygens (including phenoxy) is 1. The normalized spacial score (nSPS) is 16.6. The number of hydrogen-bond donors (Lipinski definition) is 1. The first-order valence-electron chi connectivity index (χ1n) is 7.79. The number of esters is 1. The molecule has 0 aliphatic carbocycles. The van der Waals surface area contributed by atoms with Gasteiger partial charge in [0.25, 0.3) is 0 Å². The van der Waals surface area contributed by atoms with Gasteiger partial charge in [-0.25, -0.2) is 0 Å². The molecule has 4 heteroatoms. The zero-order valence-electron chi connectivity index (χ0n) is 14.6. The molecular formula is C16H34N2O2. The lowest BCUT2D eigenvalue weighted by molar-refractivity contribution is -0.149. The number of methoxy groups -OCH3 is 1. The van der Waals surface area contributed by atoms with Crippen LogP contribution in [-0.2, 0) is 9.53 Å². The SMILES string of the molecule is CCC(CC)N(C)C(C)CC(C)(NC(C)C)C(=O)OC. The third-order valence-corrected chi connectivity index (χ3v) is 4.16. The summed E-state index contributed by atoms with van der Waals surface area (Å²) in [6.07, 6.45) is 3.00. The van der Waals surface area contributed by atoms with E-state index in [1.807, 2.05) is 6.92 Å². The number of hydrogen-bond acceptors (Lipinski definition) is 4. The molecule has 0 aromatic heterocycles. The lowest BCUT2D eigenvalue weighted by Gasteiger charge is -2.38. The van der Waals surface area contributed by atoms with Gasteiger partial charge in [0, 0.05) is 18.1 Å². The van der Waals surface area contributed by atoms with E-state index in [4.69, 9.17) is 4.74 Å². The van der Waals surface area contributed by atoms with Crippen LogP contribution in [0.2, 0.25) is 0 Å². The molecule has 0 aromatic carbocycles. The number of nitrogens with zero attached hydrogens (tertiary/aromatic N) is 1. The van der Waals surface area contributed by atoms with Gasteiger partial charge in [-0.05, 0) is 54.0 Å². The molecule has 2 unspecified atom stereocenters. The molecule has 0 aliphatic rings. The molecule has 0 heterocycles. The molecular weight excluding hydrogens is 252 g/mol. The molecule has 0 aliphatic heterocycles. The number of carbonyl (C=O) groups excluding carboxylic acids is 1. The second-order valence-electron chi connectivity index (χ2n) is 6.31. The van der Waals surface area contributed by atoms with Gasteiger partial charge >= 0.3 is 5.97 Å². The fraction of sp³-hybridized carbons (Fsp3) is 0.938. The Balaban J connectivity index is 4.93. The Morgan fingerprint density at radius 2 is 1.75 bits per heavy atom. The fourth-order valence-electron chi connectivity index (χ4n) is 3.02. The second-order valence-corrected chi connectivity index (χ2v) is 6.31. The molecule has 4 nitrogen and oxygen atoms in total. The summed E-state index contributed by atoms with van der Waals surface area (Å²) in [7, 11) is 3.60. The van der Waals surface area contributed by atoms with Crippen LogP contribution in [0, 0.1) is 0 Å². The van der Waals surface area contributed by atoms with Crippen molar-refractivity contribution in [2.45, 2.75) is 84.5 Å². The van der Waals surface area contributed by atoms with E-state index in [9.17, 15) is 4.79 Å². The summed E-state index contributed by atoms with van der Waals surface area (Å²) in [5.74, 6) is -0.184. The van der Waals surface area contributed by atoms with Crippen LogP contribution < -0.4 is 5.32 Å². The van der Waals surface area contributed by atoms with Gasteiger partial charge in [0.15, 0.2) is 0 Å². The maximum absolute atomic E-state index is 12.1. The van der Waals surface area contributed by atoms with Crippen LogP contribution in [-0.4, -0.2) is 48.7 Å². The molecule has 1 N–H and O–H groups in total. The third-order valence-electron chi connectivity index (χ3n) is 4.16. The Morgan fingerprint density at radius 1 is 1.25 bits per heavy atom. The number of nitrogens with one attached hydrogen (secondary N) is 1. The van der Waals surface area contributed by atoms with Gasteiger partial charge in [-0.1, -0.05) is 13.8 Å². The van der Waals surface area contributed by atoms with E-state index >= 15 is 0 Å². The smallest absolute Gasteiger partial charge is 0.325 e. The highest BCUT2D eigenvalue weighted by atomic mass is 16.5. The van der Waals surface area contributed by atoms with Gasteiger partial charge in [-0.3, -0.25) is 10.1 Å². The van der Waals surface area contributed by atoms with Crippen molar-refractivity contribution in [3.63, 3.8) is 0 Å². The van der Waals surface area contributed by atoms with Crippen molar-refractivity contribution in [2.75, 3.05) is 14.2 Å². The first kappa shape index (κ1) is 19.4. The minimum absolute atomic E-state index is 0.184. The van der Waals surface area contributed by atoms with Crippen LogP contribution in [0.15, 0.2) is 0 Å². The monoisotopic (exact) mass is 286 g/mol.